The smallest absolute Gasteiger partial charge is 0.253 e. The molecule has 20 heteroatoms. The van der Waals surface area contributed by atoms with E-state index in [9.17, 15) is 53.1 Å². The van der Waals surface area contributed by atoms with E-state index in [0.717, 1.165) is 11.1 Å². The van der Waals surface area contributed by atoms with Gasteiger partial charge in [-0.3, -0.25) is 57.7 Å². The Labute approximate surface area is 558 Å². The number of carbonyl (C=O) groups excluding carboxylic acids is 10. The number of unbranched alkanes of at least 4 members (excludes halogenated alkanes) is 3. The molecule has 6 N–H and O–H groups in total. The summed E-state index contributed by atoms with van der Waals surface area (Å²) in [6, 6.07) is 22.1. The molecule has 11 atom stereocenters. The summed E-state index contributed by atoms with van der Waals surface area (Å²) in [7, 11) is 7.03. The van der Waals surface area contributed by atoms with Crippen molar-refractivity contribution >= 4 is 64.4 Å². The summed E-state index contributed by atoms with van der Waals surface area (Å²) in [5.41, 5.74) is 8.54. The van der Waals surface area contributed by atoms with E-state index in [1.807, 2.05) is 121 Å². The lowest BCUT2D eigenvalue weighted by atomic mass is 9.83. The third-order valence-electron chi connectivity index (χ3n) is 19.1. The number of ether oxygens (including phenoxy) is 1. The summed E-state index contributed by atoms with van der Waals surface area (Å²) in [4.78, 5) is 144. The average molecular weight is 1300 g/mol. The fourth-order valence-electron chi connectivity index (χ4n) is 13.5. The Morgan fingerprint density at radius 2 is 1.31 bits per heavy atom. The number of imide groups is 1. The number of nitrogens with two attached hydrogens (primary N) is 1. The van der Waals surface area contributed by atoms with Crippen molar-refractivity contribution in [1.29, 1.82) is 0 Å². The van der Waals surface area contributed by atoms with Gasteiger partial charge in [0.25, 0.3) is 11.8 Å². The summed E-state index contributed by atoms with van der Waals surface area (Å²) >= 11 is 0. The van der Waals surface area contributed by atoms with Crippen LogP contribution in [0, 0.1) is 41.4 Å². The molecule has 2 aliphatic rings. The van der Waals surface area contributed by atoms with E-state index in [0.29, 0.717) is 75.7 Å². The zero-order valence-electron chi connectivity index (χ0n) is 57.7. The number of nitrogens with one attached hydrogen (secondary N) is 3. The van der Waals surface area contributed by atoms with Crippen LogP contribution in [0.5, 0.6) is 0 Å². The quantitative estimate of drug-likeness (QED) is 0.0269. The van der Waals surface area contributed by atoms with Crippen LogP contribution in [0.25, 0.3) is 0 Å². The predicted molar refractivity (Wildman–Crippen MR) is 364 cm³/mol. The van der Waals surface area contributed by atoms with Gasteiger partial charge in [-0.1, -0.05) is 134 Å². The van der Waals surface area contributed by atoms with Crippen molar-refractivity contribution < 1.29 is 57.8 Å². The first kappa shape index (κ1) is 77.4. The van der Waals surface area contributed by atoms with E-state index in [4.69, 9.17) is 10.5 Å². The summed E-state index contributed by atoms with van der Waals surface area (Å²) in [6.07, 6.45) is 7.34. The molecule has 3 aromatic rings. The summed E-state index contributed by atoms with van der Waals surface area (Å²) in [6.45, 7) is 14.3. The molecule has 2 heterocycles. The van der Waals surface area contributed by atoms with Crippen LogP contribution >= 0.6 is 0 Å². The van der Waals surface area contributed by atoms with Crippen LogP contribution in [0.4, 0.5) is 5.69 Å². The molecular weight excluding hydrogens is 1190 g/mol. The van der Waals surface area contributed by atoms with E-state index in [2.05, 4.69) is 16.0 Å². The van der Waals surface area contributed by atoms with Gasteiger partial charge in [0.15, 0.2) is 11.6 Å². The van der Waals surface area contributed by atoms with E-state index >= 15 is 0 Å². The molecule has 2 aliphatic heterocycles. The van der Waals surface area contributed by atoms with Crippen LogP contribution in [0.2, 0.25) is 0 Å². The number of hydrogen-bond acceptors (Lipinski definition) is 14. The van der Waals surface area contributed by atoms with Gasteiger partial charge < -0.3 is 41.3 Å². The molecule has 3 aromatic carbocycles. The van der Waals surface area contributed by atoms with Crippen molar-refractivity contribution in [3.8, 4) is 0 Å². The van der Waals surface area contributed by atoms with Gasteiger partial charge in [-0.25, -0.2) is 0 Å². The molecule has 0 saturated carbocycles. The molecule has 1 saturated heterocycles. The number of rotatable bonds is 42. The minimum Gasteiger partial charge on any atom is -0.396 e. The van der Waals surface area contributed by atoms with Crippen LogP contribution in [0.15, 0.2) is 97.1 Å². The molecule has 516 valence electrons. The molecule has 7 amide bonds. The van der Waals surface area contributed by atoms with Gasteiger partial charge >= 0.3 is 0 Å². The number of aliphatic hydroxyl groups is 1. The second kappa shape index (κ2) is 38.9. The fourth-order valence-corrected chi connectivity index (χ4v) is 13.5. The van der Waals surface area contributed by atoms with Crippen LogP contribution < -0.4 is 21.7 Å². The van der Waals surface area contributed by atoms with Gasteiger partial charge in [0.1, 0.15) is 11.8 Å². The molecule has 94 heavy (non-hydrogen) atoms. The van der Waals surface area contributed by atoms with Gasteiger partial charge in [0.2, 0.25) is 29.5 Å². The lowest BCUT2D eigenvalue weighted by Crippen LogP contribution is -2.54. The summed E-state index contributed by atoms with van der Waals surface area (Å²) < 4.78 is 6.12. The first-order valence-electron chi connectivity index (χ1n) is 34.1. The maximum absolute atomic E-state index is 14.7. The van der Waals surface area contributed by atoms with Crippen molar-refractivity contribution in [3.63, 3.8) is 0 Å². The third kappa shape index (κ3) is 23.0. The standard InChI is InChI=1S/C74H108N8O12/c1-12-50(6)70(80(10)74(93)58(48(2)3)45-64(86)69(49(4)5)79(8)9)65(94-11)46-68(89)81-40-24-31-62(81)59(47-83)51(7)71(90)78-61(42-53-27-18-14-19-28-53)63(85)43-54-32-34-56(35-33-54)76-73(92)60(30-21-22-38-75)77-72(91)55(41-52-25-16-13-17-26-52)44-57(84)29-20-15-23-39-82-66(87)36-37-67(82)88/h13-14,16-19,25-28,32-37,48-51,55,58-62,65,69-70,83H,12,15,20-24,29-31,38-47,75H2,1-11H3,(H,76,92)(H,77,91)(H,78,90)/t50-,51+,55+,58-,59+,60-,61-,62-,65+,69-,70-/m0/s1. The molecule has 0 aliphatic carbocycles. The normalized spacial score (nSPS) is 17.3. The zero-order valence-corrected chi connectivity index (χ0v) is 57.7. The highest BCUT2D eigenvalue weighted by molar-refractivity contribution is 6.12. The number of ketones is 3. The number of carbonyl (C=O) groups is 10. The van der Waals surface area contributed by atoms with Crippen molar-refractivity contribution in [3.05, 3.63) is 114 Å². The number of likely N-dealkylation sites (N-methyl/N-ethyl adjacent to an activating group) is 2. The average Bonchev–Trinajstić information content (AvgIpc) is 1.41. The SMILES string of the molecule is CC[C@H](C)[C@@H]([C@@H](CC(=O)N1CCC[C@H]1[C@H](CO)[C@@H](C)C(=O)N[C@@H](Cc1ccccc1)C(=O)Cc1ccc(NC(=O)[C@H](CCCCN)NC(=O)[C@@H](CC(=O)CCCCCN2C(=O)C=CC2=O)Cc2ccccc2)cc1)OC)N(C)C(=O)[C@@H](CC(=O)[C@H](C(C)C)N(C)C)C(C)C. The molecule has 5 rings (SSSR count). The first-order valence-corrected chi connectivity index (χ1v) is 34.1. The van der Waals surface area contributed by atoms with E-state index in [-0.39, 0.29) is 123 Å². The lowest BCUT2D eigenvalue weighted by Gasteiger charge is -2.41. The Bertz CT molecular complexity index is 2970. The van der Waals surface area contributed by atoms with E-state index < -0.39 is 78.3 Å². The maximum atomic E-state index is 14.7. The molecule has 0 spiro atoms. The van der Waals surface area contributed by atoms with Crippen molar-refractivity contribution in [2.24, 2.45) is 47.2 Å². The minimum atomic E-state index is -0.974. The molecule has 0 aromatic heterocycles. The number of methoxy groups -OCH3 is 1. The number of Topliss-reactive ketones (excluding diaryl/α,β-unsaturated/α-hetero) is 3. The van der Waals surface area contributed by atoms with Crippen molar-refractivity contribution in [2.75, 3.05) is 59.8 Å². The molecule has 0 unspecified atom stereocenters. The summed E-state index contributed by atoms with van der Waals surface area (Å²) in [5, 5.41) is 20.0. The predicted octanol–water partition coefficient (Wildman–Crippen LogP) is 7.71. The number of benzene rings is 3. The van der Waals surface area contributed by atoms with Crippen molar-refractivity contribution in [2.45, 2.75) is 188 Å². The number of anilines is 1. The highest BCUT2D eigenvalue weighted by atomic mass is 16.5. The van der Waals surface area contributed by atoms with Gasteiger partial charge in [-0.15, -0.1) is 0 Å². The first-order chi connectivity index (χ1) is 44.8. The molecule has 20 nitrogen and oxygen atoms in total. The second-order valence-corrected chi connectivity index (χ2v) is 26.9. The van der Waals surface area contributed by atoms with Gasteiger partial charge in [-0.05, 0) is 125 Å². The summed E-state index contributed by atoms with van der Waals surface area (Å²) in [5.74, 6) is -5.88. The molecular formula is C74H108N8O12. The highest BCUT2D eigenvalue weighted by Crippen LogP contribution is 2.33. The maximum Gasteiger partial charge on any atom is 0.253 e. The molecule has 0 radical (unpaired) electrons. The fraction of sp³-hybridized carbons (Fsp3) is 0.595. The molecule has 1 fully saturated rings. The Balaban J connectivity index is 1.25. The minimum absolute atomic E-state index is 0.00555. The van der Waals surface area contributed by atoms with Crippen LogP contribution in [0.3, 0.4) is 0 Å². The van der Waals surface area contributed by atoms with Crippen LogP contribution in [-0.4, -0.2) is 174 Å². The van der Waals surface area contributed by atoms with Crippen molar-refractivity contribution in [1.82, 2.24) is 30.2 Å². The van der Waals surface area contributed by atoms with Crippen LogP contribution in [0.1, 0.15) is 149 Å². The zero-order chi connectivity index (χ0) is 69.2. The van der Waals surface area contributed by atoms with Gasteiger partial charge in [0.05, 0.1) is 30.7 Å². The third-order valence-corrected chi connectivity index (χ3v) is 19.1. The Kier molecular flexibility index (Phi) is 32.1. The number of nitrogens with zero attached hydrogens (tertiary/aromatic N) is 4. The Morgan fingerprint density at radius 1 is 0.691 bits per heavy atom. The van der Waals surface area contributed by atoms with Gasteiger partial charge in [0, 0.05) is 107 Å². The molecule has 0 bridgehead atoms. The lowest BCUT2D eigenvalue weighted by molar-refractivity contribution is -0.148. The van der Waals surface area contributed by atoms with Gasteiger partial charge in [-0.2, -0.15) is 0 Å². The van der Waals surface area contributed by atoms with Crippen LogP contribution in [-0.2, 0) is 71.9 Å². The van der Waals surface area contributed by atoms with E-state index in [1.54, 1.807) is 48.0 Å². The Hall–Kier alpha value is -7.26. The highest BCUT2D eigenvalue weighted by Gasteiger charge is 2.44. The monoisotopic (exact) mass is 1300 g/mol. The van der Waals surface area contributed by atoms with E-state index in [1.165, 1.54) is 24.2 Å². The number of likely N-dealkylation sites (tertiary alicyclic amines) is 1. The topological polar surface area (TPSA) is 275 Å². The largest absolute Gasteiger partial charge is 0.396 e. The Morgan fingerprint density at radius 3 is 1.87 bits per heavy atom. The number of aliphatic hydroxyl groups excluding tert-OH is 1. The second-order valence-electron chi connectivity index (χ2n) is 26.9. The number of amides is 7. The number of hydrogen-bond donors (Lipinski definition) is 5.